The molecule has 3 rings (SSSR count). The van der Waals surface area contributed by atoms with Gasteiger partial charge >= 0.3 is 0 Å². The van der Waals surface area contributed by atoms with E-state index < -0.39 is 0 Å². The van der Waals surface area contributed by atoms with Crippen LogP contribution in [0.3, 0.4) is 0 Å². The highest BCUT2D eigenvalue weighted by molar-refractivity contribution is 7.13. The van der Waals surface area contributed by atoms with Crippen LogP contribution in [0.1, 0.15) is 32.4 Å². The Hall–Kier alpha value is -2.15. The molecule has 0 bridgehead atoms. The lowest BCUT2D eigenvalue weighted by molar-refractivity contribution is -0.133. The predicted molar refractivity (Wildman–Crippen MR) is 96.1 cm³/mol. The van der Waals surface area contributed by atoms with Gasteiger partial charge in [-0.05, 0) is 25.0 Å². The van der Waals surface area contributed by atoms with Gasteiger partial charge in [-0.25, -0.2) is 4.98 Å². The van der Waals surface area contributed by atoms with Crippen molar-refractivity contribution in [1.29, 1.82) is 0 Å². The van der Waals surface area contributed by atoms with Crippen LogP contribution in [0.25, 0.3) is 10.8 Å². The van der Waals surface area contributed by atoms with Gasteiger partial charge < -0.3 is 14.6 Å². The molecule has 1 saturated heterocycles. The Balaban J connectivity index is 1.56. The van der Waals surface area contributed by atoms with Crippen molar-refractivity contribution < 1.29 is 14.0 Å². The second kappa shape index (κ2) is 7.82. The first-order valence-electron chi connectivity index (χ1n) is 8.59. The van der Waals surface area contributed by atoms with E-state index in [9.17, 15) is 9.59 Å². The standard InChI is InChI=1S/C18H23N3O3S/c1-12(2)17(23)19-13-5-3-7-21(10-13)16(22)9-14-11-25-18(20-14)15-6-4-8-24-15/h4,6,8,11-13H,3,5,7,9-10H2,1-2H3,(H,19,23). The van der Waals surface area contributed by atoms with Crippen LogP contribution in [0.5, 0.6) is 0 Å². The molecule has 25 heavy (non-hydrogen) atoms. The molecule has 2 aromatic heterocycles. The Morgan fingerprint density at radius 3 is 3.04 bits per heavy atom. The van der Waals surface area contributed by atoms with Crippen LogP contribution in [0.4, 0.5) is 0 Å². The molecule has 1 aliphatic rings. The molecule has 6 nitrogen and oxygen atoms in total. The minimum atomic E-state index is -0.0406. The van der Waals surface area contributed by atoms with Gasteiger partial charge in [-0.2, -0.15) is 0 Å². The van der Waals surface area contributed by atoms with Crippen molar-refractivity contribution >= 4 is 23.2 Å². The van der Waals surface area contributed by atoms with E-state index in [2.05, 4.69) is 10.3 Å². The van der Waals surface area contributed by atoms with E-state index in [4.69, 9.17) is 4.42 Å². The largest absolute Gasteiger partial charge is 0.462 e. The lowest BCUT2D eigenvalue weighted by atomic mass is 10.0. The minimum absolute atomic E-state index is 0.0406. The van der Waals surface area contributed by atoms with E-state index in [0.717, 1.165) is 35.8 Å². The summed E-state index contributed by atoms with van der Waals surface area (Å²) in [4.78, 5) is 30.8. The van der Waals surface area contributed by atoms with Crippen molar-refractivity contribution in [2.75, 3.05) is 13.1 Å². The van der Waals surface area contributed by atoms with Gasteiger partial charge in [-0.15, -0.1) is 11.3 Å². The van der Waals surface area contributed by atoms with Gasteiger partial charge in [0.25, 0.3) is 0 Å². The molecule has 1 unspecified atom stereocenters. The van der Waals surface area contributed by atoms with Crippen LogP contribution in [-0.2, 0) is 16.0 Å². The van der Waals surface area contributed by atoms with Crippen LogP contribution in [0, 0.1) is 5.92 Å². The first kappa shape index (κ1) is 17.7. The van der Waals surface area contributed by atoms with Crippen LogP contribution < -0.4 is 5.32 Å². The van der Waals surface area contributed by atoms with Gasteiger partial charge in [-0.1, -0.05) is 13.8 Å². The summed E-state index contributed by atoms with van der Waals surface area (Å²) in [5.41, 5.74) is 0.759. The molecule has 1 aliphatic heterocycles. The normalized spacial score (nSPS) is 17.7. The molecule has 2 aromatic rings. The van der Waals surface area contributed by atoms with Gasteiger partial charge in [0, 0.05) is 30.4 Å². The Bertz CT molecular complexity index is 724. The van der Waals surface area contributed by atoms with Crippen molar-refractivity contribution in [2.24, 2.45) is 5.92 Å². The smallest absolute Gasteiger partial charge is 0.228 e. The fraction of sp³-hybridized carbons (Fsp3) is 0.500. The molecule has 0 aromatic carbocycles. The van der Waals surface area contributed by atoms with Crippen LogP contribution in [0.15, 0.2) is 28.2 Å². The Labute approximate surface area is 151 Å². The molecule has 0 radical (unpaired) electrons. The van der Waals surface area contributed by atoms with E-state index in [1.807, 2.05) is 36.3 Å². The van der Waals surface area contributed by atoms with E-state index >= 15 is 0 Å². The van der Waals surface area contributed by atoms with Crippen molar-refractivity contribution in [3.63, 3.8) is 0 Å². The van der Waals surface area contributed by atoms with E-state index in [-0.39, 0.29) is 30.2 Å². The summed E-state index contributed by atoms with van der Waals surface area (Å²) in [6.45, 7) is 5.06. The summed E-state index contributed by atoms with van der Waals surface area (Å²) in [7, 11) is 0. The SMILES string of the molecule is CC(C)C(=O)NC1CCCN(C(=O)Cc2csc(-c3ccco3)n2)C1. The summed E-state index contributed by atoms with van der Waals surface area (Å²) in [6.07, 6.45) is 3.72. The van der Waals surface area contributed by atoms with E-state index in [1.165, 1.54) is 11.3 Å². The summed E-state index contributed by atoms with van der Waals surface area (Å²) >= 11 is 1.48. The number of carbonyl (C=O) groups is 2. The number of likely N-dealkylation sites (tertiary alicyclic amines) is 1. The van der Waals surface area contributed by atoms with Crippen molar-refractivity contribution in [2.45, 2.75) is 39.2 Å². The number of piperidine rings is 1. The number of hydrogen-bond acceptors (Lipinski definition) is 5. The monoisotopic (exact) mass is 361 g/mol. The number of carbonyl (C=O) groups excluding carboxylic acids is 2. The summed E-state index contributed by atoms with van der Waals surface area (Å²) in [5.74, 6) is 0.779. The quantitative estimate of drug-likeness (QED) is 0.888. The summed E-state index contributed by atoms with van der Waals surface area (Å²) < 4.78 is 5.34. The lowest BCUT2D eigenvalue weighted by Gasteiger charge is -2.33. The maximum absolute atomic E-state index is 12.6. The highest BCUT2D eigenvalue weighted by Gasteiger charge is 2.25. The fourth-order valence-corrected chi connectivity index (χ4v) is 3.64. The third-order valence-electron chi connectivity index (χ3n) is 4.26. The molecule has 0 aliphatic carbocycles. The van der Waals surface area contributed by atoms with E-state index in [0.29, 0.717) is 6.54 Å². The molecule has 1 atom stereocenters. The van der Waals surface area contributed by atoms with Gasteiger partial charge in [-0.3, -0.25) is 9.59 Å². The van der Waals surface area contributed by atoms with Gasteiger partial charge in [0.1, 0.15) is 0 Å². The van der Waals surface area contributed by atoms with Gasteiger partial charge in [0.15, 0.2) is 10.8 Å². The first-order valence-corrected chi connectivity index (χ1v) is 9.47. The predicted octanol–water partition coefficient (Wildman–Crippen LogP) is 2.71. The van der Waals surface area contributed by atoms with Crippen LogP contribution in [0.2, 0.25) is 0 Å². The highest BCUT2D eigenvalue weighted by atomic mass is 32.1. The van der Waals surface area contributed by atoms with Gasteiger partial charge in [0.2, 0.25) is 11.8 Å². The number of furan rings is 1. The lowest BCUT2D eigenvalue weighted by Crippen LogP contribution is -2.50. The number of aromatic nitrogens is 1. The summed E-state index contributed by atoms with van der Waals surface area (Å²) in [5, 5.41) is 5.72. The Morgan fingerprint density at radius 2 is 2.32 bits per heavy atom. The molecule has 2 amide bonds. The zero-order chi connectivity index (χ0) is 17.8. The van der Waals surface area contributed by atoms with Crippen LogP contribution in [-0.4, -0.2) is 40.8 Å². The number of nitrogens with zero attached hydrogens (tertiary/aromatic N) is 2. The van der Waals surface area contributed by atoms with E-state index in [1.54, 1.807) is 6.26 Å². The second-order valence-corrected chi connectivity index (χ2v) is 7.50. The molecule has 3 heterocycles. The Kier molecular flexibility index (Phi) is 5.53. The zero-order valence-electron chi connectivity index (χ0n) is 14.5. The number of amides is 2. The minimum Gasteiger partial charge on any atom is -0.462 e. The van der Waals surface area contributed by atoms with Gasteiger partial charge in [0.05, 0.1) is 18.4 Å². The van der Waals surface area contributed by atoms with Crippen molar-refractivity contribution in [1.82, 2.24) is 15.2 Å². The van der Waals surface area contributed by atoms with Crippen LogP contribution >= 0.6 is 11.3 Å². The number of thiazole rings is 1. The van der Waals surface area contributed by atoms with Crippen molar-refractivity contribution in [3.05, 3.63) is 29.5 Å². The highest BCUT2D eigenvalue weighted by Crippen LogP contribution is 2.24. The summed E-state index contributed by atoms with van der Waals surface area (Å²) in [6, 6.07) is 3.72. The zero-order valence-corrected chi connectivity index (χ0v) is 15.3. The molecular formula is C18H23N3O3S. The second-order valence-electron chi connectivity index (χ2n) is 6.64. The number of hydrogen-bond donors (Lipinski definition) is 1. The maximum Gasteiger partial charge on any atom is 0.228 e. The number of rotatable bonds is 5. The average molecular weight is 361 g/mol. The molecular weight excluding hydrogens is 338 g/mol. The topological polar surface area (TPSA) is 75.4 Å². The van der Waals surface area contributed by atoms with Crippen molar-refractivity contribution in [3.8, 4) is 10.8 Å². The third kappa shape index (κ3) is 4.48. The third-order valence-corrected chi connectivity index (χ3v) is 5.17. The molecule has 1 fully saturated rings. The Morgan fingerprint density at radius 1 is 1.48 bits per heavy atom. The average Bonchev–Trinajstić information content (AvgIpc) is 3.26. The first-order chi connectivity index (χ1) is 12.0. The molecule has 0 spiro atoms. The maximum atomic E-state index is 12.6. The fourth-order valence-electron chi connectivity index (χ4n) is 2.86. The molecule has 7 heteroatoms. The molecule has 1 N–H and O–H groups in total. The number of nitrogens with one attached hydrogen (secondary N) is 1. The molecule has 0 saturated carbocycles. The molecule has 134 valence electrons.